The van der Waals surface area contributed by atoms with Gasteiger partial charge in [-0.25, -0.2) is 9.48 Å². The molecule has 0 spiro atoms. The molecular formula is C38H45N7O4. The van der Waals surface area contributed by atoms with E-state index in [0.29, 0.717) is 50.3 Å². The number of benzene rings is 3. The number of ether oxygens (including phenoxy) is 3. The minimum atomic E-state index is -0.402. The maximum absolute atomic E-state index is 13.4. The first-order valence-electron chi connectivity index (χ1n) is 16.3. The van der Waals surface area contributed by atoms with Crippen LogP contribution in [0.4, 0.5) is 10.6 Å². The first-order chi connectivity index (χ1) is 23.6. The van der Waals surface area contributed by atoms with Crippen molar-refractivity contribution in [2.75, 3.05) is 31.6 Å². The molecule has 0 radical (unpaired) electrons. The van der Waals surface area contributed by atoms with Crippen LogP contribution in [0.25, 0.3) is 5.69 Å². The Morgan fingerprint density at radius 2 is 1.78 bits per heavy atom. The maximum atomic E-state index is 13.4. The van der Waals surface area contributed by atoms with Gasteiger partial charge in [-0.2, -0.15) is 10.1 Å². The van der Waals surface area contributed by atoms with Gasteiger partial charge < -0.3 is 30.2 Å². The second-order valence-corrected chi connectivity index (χ2v) is 12.6. The van der Waals surface area contributed by atoms with Crippen molar-refractivity contribution in [2.24, 2.45) is 10.7 Å². The summed E-state index contributed by atoms with van der Waals surface area (Å²) in [7, 11) is 0. The molecule has 49 heavy (non-hydrogen) atoms. The van der Waals surface area contributed by atoms with E-state index in [1.807, 2.05) is 90.7 Å². The third-order valence-corrected chi connectivity index (χ3v) is 7.85. The number of aromatic nitrogens is 2. The topological polar surface area (TPSA) is 128 Å². The van der Waals surface area contributed by atoms with E-state index >= 15 is 0 Å². The smallest absolute Gasteiger partial charge is 0.320 e. The summed E-state index contributed by atoms with van der Waals surface area (Å²) < 4.78 is 19.5. The van der Waals surface area contributed by atoms with Gasteiger partial charge in [-0.15, -0.1) is 0 Å². The number of aliphatic imine (C=N–C) groups is 1. The van der Waals surface area contributed by atoms with Crippen LogP contribution >= 0.6 is 0 Å². The molecule has 11 heteroatoms. The van der Waals surface area contributed by atoms with Crippen LogP contribution in [0.1, 0.15) is 43.2 Å². The average Bonchev–Trinajstić information content (AvgIpc) is 3.53. The molecule has 0 saturated carbocycles. The Labute approximate surface area is 288 Å². The second-order valence-electron chi connectivity index (χ2n) is 12.6. The van der Waals surface area contributed by atoms with E-state index in [0.717, 1.165) is 33.8 Å². The Hall–Kier alpha value is -5.55. The van der Waals surface area contributed by atoms with Gasteiger partial charge in [0.15, 0.2) is 0 Å². The summed E-state index contributed by atoms with van der Waals surface area (Å²) in [4.78, 5) is 19.9. The number of urea groups is 1. The summed E-state index contributed by atoms with van der Waals surface area (Å²) >= 11 is 0. The predicted molar refractivity (Wildman–Crippen MR) is 193 cm³/mol. The summed E-state index contributed by atoms with van der Waals surface area (Å²) in [5.41, 5.74) is 9.85. The largest absolute Gasteiger partial charge is 0.489 e. The summed E-state index contributed by atoms with van der Waals surface area (Å²) in [5, 5.41) is 10.8. The minimum Gasteiger partial charge on any atom is -0.489 e. The molecule has 4 N–H and O–H groups in total. The summed E-state index contributed by atoms with van der Waals surface area (Å²) in [6.07, 6.45) is 2.93. The van der Waals surface area contributed by atoms with Gasteiger partial charge in [0.2, 0.25) is 5.90 Å². The first-order valence-corrected chi connectivity index (χ1v) is 16.3. The lowest BCUT2D eigenvalue weighted by Crippen LogP contribution is -2.35. The lowest BCUT2D eigenvalue weighted by molar-refractivity contribution is 0.0533. The van der Waals surface area contributed by atoms with Crippen molar-refractivity contribution in [1.29, 1.82) is 0 Å². The van der Waals surface area contributed by atoms with E-state index in [2.05, 4.69) is 43.0 Å². The fourth-order valence-electron chi connectivity index (χ4n) is 5.04. The quantitative estimate of drug-likeness (QED) is 0.125. The van der Waals surface area contributed by atoms with Crippen LogP contribution in [-0.2, 0) is 23.3 Å². The fourth-order valence-corrected chi connectivity index (χ4v) is 5.04. The molecule has 256 valence electrons. The molecule has 2 heterocycles. The third-order valence-electron chi connectivity index (χ3n) is 7.85. The molecule has 0 atom stereocenters. The first kappa shape index (κ1) is 34.8. The highest BCUT2D eigenvalue weighted by atomic mass is 16.5. The number of hydrogen-bond donors (Lipinski definition) is 3. The highest BCUT2D eigenvalue weighted by Gasteiger charge is 2.22. The zero-order valence-electron chi connectivity index (χ0n) is 28.6. The van der Waals surface area contributed by atoms with Gasteiger partial charge in [-0.05, 0) is 36.4 Å². The molecule has 3 aromatic carbocycles. The number of hydrogen-bond acceptors (Lipinski definition) is 8. The van der Waals surface area contributed by atoms with E-state index < -0.39 is 6.03 Å². The molecule has 1 fully saturated rings. The van der Waals surface area contributed by atoms with Crippen LogP contribution in [-0.4, -0.2) is 52.9 Å². The minimum absolute atomic E-state index is 0.189. The van der Waals surface area contributed by atoms with Crippen molar-refractivity contribution in [3.05, 3.63) is 126 Å². The third kappa shape index (κ3) is 9.51. The number of carbonyl (C=O) groups is 1. The number of para-hydroxylation sites is 1. The summed E-state index contributed by atoms with van der Waals surface area (Å²) in [5.74, 6) is 2.62. The monoisotopic (exact) mass is 663 g/mol. The van der Waals surface area contributed by atoms with Gasteiger partial charge in [0.1, 0.15) is 29.7 Å². The van der Waals surface area contributed by atoms with Gasteiger partial charge in [-0.1, -0.05) is 81.9 Å². The molecule has 0 unspecified atom stereocenters. The molecule has 5 rings (SSSR count). The second kappa shape index (κ2) is 16.0. The summed E-state index contributed by atoms with van der Waals surface area (Å²) in [6.45, 7) is 15.6. The Morgan fingerprint density at radius 1 is 1.04 bits per heavy atom. The number of nitrogens with one attached hydrogen (secondary N) is 2. The number of anilines is 1. The number of amides is 2. The van der Waals surface area contributed by atoms with Crippen molar-refractivity contribution in [2.45, 2.75) is 46.3 Å². The number of carbonyl (C=O) groups excluding carboxylic acids is 1. The van der Waals surface area contributed by atoms with Crippen molar-refractivity contribution < 1.29 is 19.0 Å². The lowest BCUT2D eigenvalue weighted by Gasteiger charge is -2.28. The molecule has 1 aliphatic heterocycles. The van der Waals surface area contributed by atoms with Crippen LogP contribution in [0.15, 0.2) is 109 Å². The molecule has 0 bridgehead atoms. The van der Waals surface area contributed by atoms with Crippen LogP contribution in [0.2, 0.25) is 0 Å². The number of rotatable bonds is 11. The van der Waals surface area contributed by atoms with Crippen molar-refractivity contribution in [1.82, 2.24) is 20.0 Å². The number of nitrogens with zero attached hydrogens (tertiary/aromatic N) is 4. The van der Waals surface area contributed by atoms with Crippen LogP contribution in [0.3, 0.4) is 0 Å². The van der Waals surface area contributed by atoms with E-state index in [1.165, 1.54) is 6.20 Å². The molecule has 4 aromatic rings. The summed E-state index contributed by atoms with van der Waals surface area (Å²) in [6, 6.07) is 24.8. The van der Waals surface area contributed by atoms with E-state index in [4.69, 9.17) is 25.0 Å². The average molecular weight is 664 g/mol. The Bertz CT molecular complexity index is 1800. The fraction of sp³-hybridized carbons (Fsp3) is 0.289. The van der Waals surface area contributed by atoms with Crippen LogP contribution in [0.5, 0.6) is 11.5 Å². The Kier molecular flexibility index (Phi) is 11.4. The SMILES string of the molecule is C=C(N=C(/C=C\N)Oc1ccccc1CNC(=O)Nc1cc(C(C)(C)C)nn1-c1ccc(C)c(OCc2ccccc2)c1)N1CCOCC1. The molecule has 2 amide bonds. The van der Waals surface area contributed by atoms with Gasteiger partial charge in [0.05, 0.1) is 24.6 Å². The standard InChI is InChI=1S/C38H45N7O4/c1-27-15-16-31(23-33(27)48-26-29-11-7-6-8-12-29)45-35(24-34(43-45)38(3,4)5)42-37(46)40-25-30-13-9-10-14-32(30)49-36(17-18-39)41-28(2)44-19-21-47-22-20-44/h6-18,23-24H,2,19-22,25-26,39H2,1,3-5H3,(H2,40,42,46)/b18-17-,41-36?. The van der Waals surface area contributed by atoms with Crippen molar-refractivity contribution >= 4 is 17.7 Å². The zero-order valence-corrected chi connectivity index (χ0v) is 28.6. The molecular weight excluding hydrogens is 618 g/mol. The van der Waals surface area contributed by atoms with E-state index in [9.17, 15) is 4.79 Å². The van der Waals surface area contributed by atoms with E-state index in [1.54, 1.807) is 10.8 Å². The van der Waals surface area contributed by atoms with Crippen LogP contribution < -0.4 is 25.8 Å². The van der Waals surface area contributed by atoms with Crippen LogP contribution in [0, 0.1) is 6.92 Å². The molecule has 0 aliphatic carbocycles. The van der Waals surface area contributed by atoms with Gasteiger partial charge in [0.25, 0.3) is 0 Å². The molecule has 1 aromatic heterocycles. The molecule has 11 nitrogen and oxygen atoms in total. The highest BCUT2D eigenvalue weighted by Crippen LogP contribution is 2.29. The lowest BCUT2D eigenvalue weighted by atomic mass is 9.92. The zero-order chi connectivity index (χ0) is 34.8. The van der Waals surface area contributed by atoms with Gasteiger partial charge >= 0.3 is 6.03 Å². The maximum Gasteiger partial charge on any atom is 0.320 e. The van der Waals surface area contributed by atoms with Crippen molar-refractivity contribution in [3.63, 3.8) is 0 Å². The highest BCUT2D eigenvalue weighted by molar-refractivity contribution is 5.90. The van der Waals surface area contributed by atoms with Gasteiger partial charge in [-0.3, -0.25) is 5.32 Å². The van der Waals surface area contributed by atoms with E-state index in [-0.39, 0.29) is 17.9 Å². The van der Waals surface area contributed by atoms with Gasteiger partial charge in [0, 0.05) is 48.8 Å². The number of aryl methyl sites for hydroxylation is 1. The normalized spacial score (nSPS) is 13.7. The predicted octanol–water partition coefficient (Wildman–Crippen LogP) is 6.43. The molecule has 1 saturated heterocycles. The Morgan fingerprint density at radius 3 is 2.51 bits per heavy atom. The number of nitrogens with two attached hydrogens (primary N) is 1. The molecule has 1 aliphatic rings. The van der Waals surface area contributed by atoms with Crippen molar-refractivity contribution in [3.8, 4) is 17.2 Å². The Balaban J connectivity index is 1.30. The number of morpholine rings is 1.